The van der Waals surface area contributed by atoms with E-state index in [0.717, 1.165) is 16.8 Å². The first-order valence-electron chi connectivity index (χ1n) is 7.26. The highest BCUT2D eigenvalue weighted by Gasteiger charge is 2.07. The van der Waals surface area contributed by atoms with E-state index >= 15 is 0 Å². The molecule has 0 unspecified atom stereocenters. The SMILES string of the molecule is CN(C)c1ccc(CNc2nc3ccc(C(=O)O)cc3[nH]2)cc1. The lowest BCUT2D eigenvalue weighted by molar-refractivity contribution is 0.0697. The molecule has 0 saturated carbocycles. The molecule has 3 rings (SSSR count). The number of nitrogens with zero attached hydrogens (tertiary/aromatic N) is 2. The van der Waals surface area contributed by atoms with E-state index < -0.39 is 5.97 Å². The monoisotopic (exact) mass is 310 g/mol. The van der Waals surface area contributed by atoms with Crippen molar-refractivity contribution in [3.63, 3.8) is 0 Å². The van der Waals surface area contributed by atoms with Crippen LogP contribution in [0.5, 0.6) is 0 Å². The molecule has 0 aliphatic heterocycles. The Kier molecular flexibility index (Phi) is 3.89. The lowest BCUT2D eigenvalue weighted by atomic mass is 10.2. The van der Waals surface area contributed by atoms with Crippen LogP contribution in [-0.2, 0) is 6.54 Å². The number of aromatic amines is 1. The number of carboxylic acid groups (broad SMARTS) is 1. The van der Waals surface area contributed by atoms with Gasteiger partial charge in [0.1, 0.15) is 0 Å². The predicted molar refractivity (Wildman–Crippen MR) is 91.1 cm³/mol. The van der Waals surface area contributed by atoms with E-state index in [2.05, 4.69) is 44.5 Å². The van der Waals surface area contributed by atoms with Crippen LogP contribution in [0.25, 0.3) is 11.0 Å². The topological polar surface area (TPSA) is 81.2 Å². The Morgan fingerprint density at radius 3 is 2.61 bits per heavy atom. The molecular formula is C17H18N4O2. The van der Waals surface area contributed by atoms with Crippen molar-refractivity contribution in [3.05, 3.63) is 53.6 Å². The van der Waals surface area contributed by atoms with Gasteiger partial charge in [-0.3, -0.25) is 0 Å². The number of carbonyl (C=O) groups is 1. The first-order chi connectivity index (χ1) is 11.0. The molecule has 0 saturated heterocycles. The van der Waals surface area contributed by atoms with Gasteiger partial charge in [-0.1, -0.05) is 12.1 Å². The summed E-state index contributed by atoms with van der Waals surface area (Å²) in [6.45, 7) is 0.638. The molecule has 0 radical (unpaired) electrons. The molecule has 0 atom stereocenters. The molecule has 0 spiro atoms. The number of hydrogen-bond acceptors (Lipinski definition) is 4. The maximum atomic E-state index is 11.0. The number of fused-ring (bicyclic) bond motifs is 1. The number of hydrogen-bond donors (Lipinski definition) is 3. The van der Waals surface area contributed by atoms with E-state index in [-0.39, 0.29) is 5.56 Å². The Balaban J connectivity index is 1.72. The Morgan fingerprint density at radius 2 is 1.96 bits per heavy atom. The molecule has 0 amide bonds. The minimum atomic E-state index is -0.947. The third-order valence-electron chi connectivity index (χ3n) is 3.64. The average Bonchev–Trinajstić information content (AvgIpc) is 2.95. The standard InChI is InChI=1S/C17H18N4O2/c1-21(2)13-6-3-11(4-7-13)10-18-17-19-14-8-5-12(16(22)23)9-15(14)20-17/h3-9H,10H2,1-2H3,(H,22,23)(H2,18,19,20). The molecule has 3 N–H and O–H groups in total. The van der Waals surface area contributed by atoms with Crippen LogP contribution in [0.3, 0.4) is 0 Å². The second-order valence-corrected chi connectivity index (χ2v) is 5.54. The fourth-order valence-electron chi connectivity index (χ4n) is 2.32. The van der Waals surface area contributed by atoms with Gasteiger partial charge in [0.25, 0.3) is 0 Å². The zero-order valence-electron chi connectivity index (χ0n) is 13.0. The van der Waals surface area contributed by atoms with Gasteiger partial charge in [0.2, 0.25) is 5.95 Å². The number of aromatic carboxylic acids is 1. The van der Waals surface area contributed by atoms with Crippen molar-refractivity contribution in [3.8, 4) is 0 Å². The van der Waals surface area contributed by atoms with Gasteiger partial charge in [-0.15, -0.1) is 0 Å². The molecule has 2 aromatic carbocycles. The molecule has 1 aromatic heterocycles. The molecule has 3 aromatic rings. The van der Waals surface area contributed by atoms with Gasteiger partial charge in [0, 0.05) is 26.3 Å². The van der Waals surface area contributed by atoms with Gasteiger partial charge < -0.3 is 20.3 Å². The lowest BCUT2D eigenvalue weighted by Gasteiger charge is -2.12. The molecule has 0 aliphatic rings. The minimum Gasteiger partial charge on any atom is -0.478 e. The fraction of sp³-hybridized carbons (Fsp3) is 0.176. The van der Waals surface area contributed by atoms with Gasteiger partial charge in [-0.2, -0.15) is 0 Å². The number of rotatable bonds is 5. The number of aromatic nitrogens is 2. The highest BCUT2D eigenvalue weighted by atomic mass is 16.4. The summed E-state index contributed by atoms with van der Waals surface area (Å²) < 4.78 is 0. The van der Waals surface area contributed by atoms with Crippen molar-refractivity contribution in [1.29, 1.82) is 0 Å². The molecule has 23 heavy (non-hydrogen) atoms. The average molecular weight is 310 g/mol. The van der Waals surface area contributed by atoms with E-state index in [1.807, 2.05) is 14.1 Å². The summed E-state index contributed by atoms with van der Waals surface area (Å²) in [4.78, 5) is 20.5. The summed E-state index contributed by atoms with van der Waals surface area (Å²) in [5.74, 6) is -0.323. The van der Waals surface area contributed by atoms with Gasteiger partial charge in [-0.05, 0) is 35.9 Å². The normalized spacial score (nSPS) is 10.7. The molecule has 6 nitrogen and oxygen atoms in total. The van der Waals surface area contributed by atoms with Crippen LogP contribution in [0.15, 0.2) is 42.5 Å². The Hall–Kier alpha value is -3.02. The van der Waals surface area contributed by atoms with Crippen molar-refractivity contribution in [2.24, 2.45) is 0 Å². The van der Waals surface area contributed by atoms with Gasteiger partial charge in [-0.25, -0.2) is 9.78 Å². The highest BCUT2D eigenvalue weighted by molar-refractivity contribution is 5.92. The zero-order chi connectivity index (χ0) is 16.4. The number of carboxylic acids is 1. The van der Waals surface area contributed by atoms with Gasteiger partial charge in [0.05, 0.1) is 16.6 Å². The predicted octanol–water partition coefficient (Wildman–Crippen LogP) is 2.94. The molecule has 118 valence electrons. The van der Waals surface area contributed by atoms with Gasteiger partial charge >= 0.3 is 5.97 Å². The second kappa shape index (κ2) is 6.00. The number of imidazole rings is 1. The first-order valence-corrected chi connectivity index (χ1v) is 7.26. The molecule has 1 heterocycles. The molecule has 0 bridgehead atoms. The maximum Gasteiger partial charge on any atom is 0.335 e. The summed E-state index contributed by atoms with van der Waals surface area (Å²) in [6.07, 6.45) is 0. The fourth-order valence-corrected chi connectivity index (χ4v) is 2.32. The molecule has 0 aliphatic carbocycles. The van der Waals surface area contributed by atoms with Crippen molar-refractivity contribution >= 4 is 28.6 Å². The summed E-state index contributed by atoms with van der Waals surface area (Å²) in [7, 11) is 4.01. The first kappa shape index (κ1) is 14.9. The van der Waals surface area contributed by atoms with E-state index in [0.29, 0.717) is 18.0 Å². The molecular weight excluding hydrogens is 292 g/mol. The number of nitrogens with one attached hydrogen (secondary N) is 2. The smallest absolute Gasteiger partial charge is 0.335 e. The van der Waals surface area contributed by atoms with Crippen molar-refractivity contribution < 1.29 is 9.90 Å². The summed E-state index contributed by atoms with van der Waals surface area (Å²) in [5.41, 5.74) is 3.98. The minimum absolute atomic E-state index is 0.243. The highest BCUT2D eigenvalue weighted by Crippen LogP contribution is 2.17. The Morgan fingerprint density at radius 1 is 1.22 bits per heavy atom. The van der Waals surface area contributed by atoms with Crippen LogP contribution < -0.4 is 10.2 Å². The van der Waals surface area contributed by atoms with Crippen molar-refractivity contribution in [1.82, 2.24) is 9.97 Å². The van der Waals surface area contributed by atoms with Crippen molar-refractivity contribution in [2.45, 2.75) is 6.54 Å². The van der Waals surface area contributed by atoms with Crippen LogP contribution in [-0.4, -0.2) is 35.1 Å². The van der Waals surface area contributed by atoms with Crippen LogP contribution in [0.4, 0.5) is 11.6 Å². The number of H-pyrrole nitrogens is 1. The van der Waals surface area contributed by atoms with Gasteiger partial charge in [0.15, 0.2) is 0 Å². The van der Waals surface area contributed by atoms with E-state index in [9.17, 15) is 4.79 Å². The Labute approximate surface area is 133 Å². The van der Waals surface area contributed by atoms with Crippen LogP contribution >= 0.6 is 0 Å². The maximum absolute atomic E-state index is 11.0. The number of anilines is 2. The zero-order valence-corrected chi connectivity index (χ0v) is 13.0. The summed E-state index contributed by atoms with van der Waals surface area (Å²) in [6, 6.07) is 13.1. The summed E-state index contributed by atoms with van der Waals surface area (Å²) >= 11 is 0. The third-order valence-corrected chi connectivity index (χ3v) is 3.64. The van der Waals surface area contributed by atoms with Crippen LogP contribution in [0.1, 0.15) is 15.9 Å². The van der Waals surface area contributed by atoms with E-state index in [1.165, 1.54) is 0 Å². The largest absolute Gasteiger partial charge is 0.478 e. The van der Waals surface area contributed by atoms with E-state index in [4.69, 9.17) is 5.11 Å². The third kappa shape index (κ3) is 3.26. The molecule has 6 heteroatoms. The van der Waals surface area contributed by atoms with Crippen LogP contribution in [0.2, 0.25) is 0 Å². The van der Waals surface area contributed by atoms with Crippen LogP contribution in [0, 0.1) is 0 Å². The molecule has 0 fully saturated rings. The summed E-state index contributed by atoms with van der Waals surface area (Å²) in [5, 5.41) is 12.2. The Bertz CT molecular complexity index is 837. The quantitative estimate of drug-likeness (QED) is 0.675. The second-order valence-electron chi connectivity index (χ2n) is 5.54. The van der Waals surface area contributed by atoms with Crippen molar-refractivity contribution in [2.75, 3.05) is 24.3 Å². The van der Waals surface area contributed by atoms with E-state index in [1.54, 1.807) is 18.2 Å². The number of benzene rings is 2. The lowest BCUT2D eigenvalue weighted by Crippen LogP contribution is -2.08.